The zero-order chi connectivity index (χ0) is 23.9. The molecule has 36 heavy (non-hydrogen) atoms. The second kappa shape index (κ2) is 8.47. The van der Waals surface area contributed by atoms with Crippen LogP contribution in [0.25, 0.3) is 22.6 Å². The molecule has 0 saturated carbocycles. The Kier molecular flexibility index (Phi) is 4.85. The standard InChI is InChI=1S/C31H22BN3O/c1-3-13-24(14-4-1)32-34(25-15-5-2-6-16-25)28-19-8-9-20-29(28)35(32)26-17-11-12-23(22-26)31-33-27-18-7-10-21-30(27)36-31/h1-22H. The summed E-state index contributed by atoms with van der Waals surface area (Å²) in [5, 5.41) is 0. The quantitative estimate of drug-likeness (QED) is 0.259. The number of nitrogens with zero attached hydrogens (tertiary/aromatic N) is 3. The van der Waals surface area contributed by atoms with Crippen molar-refractivity contribution in [2.24, 2.45) is 0 Å². The first kappa shape index (κ1) is 20.6. The van der Waals surface area contributed by atoms with Gasteiger partial charge in [-0.3, -0.25) is 0 Å². The molecule has 0 N–H and O–H groups in total. The minimum Gasteiger partial charge on any atom is -0.436 e. The fourth-order valence-electron chi connectivity index (χ4n) is 5.11. The van der Waals surface area contributed by atoms with Crippen LogP contribution in [-0.2, 0) is 0 Å². The van der Waals surface area contributed by atoms with Crippen molar-refractivity contribution in [3.05, 3.63) is 133 Å². The van der Waals surface area contributed by atoms with Gasteiger partial charge in [-0.25, -0.2) is 4.98 Å². The number of aromatic nitrogens is 1. The molecule has 1 aliphatic rings. The molecular formula is C31H22BN3O. The van der Waals surface area contributed by atoms with Crippen molar-refractivity contribution in [2.45, 2.75) is 0 Å². The Labute approximate surface area is 210 Å². The van der Waals surface area contributed by atoms with Crippen LogP contribution in [0.15, 0.2) is 138 Å². The van der Waals surface area contributed by atoms with Gasteiger partial charge in [0.15, 0.2) is 5.58 Å². The number of hydrogen-bond acceptors (Lipinski definition) is 4. The molecule has 0 unspecified atom stereocenters. The molecule has 5 aromatic carbocycles. The second-order valence-electron chi connectivity index (χ2n) is 8.89. The predicted molar refractivity (Wildman–Crippen MR) is 148 cm³/mol. The lowest BCUT2D eigenvalue weighted by Crippen LogP contribution is -2.53. The van der Waals surface area contributed by atoms with E-state index in [1.54, 1.807) is 0 Å². The lowest BCUT2D eigenvalue weighted by Gasteiger charge is -2.30. The number of rotatable bonds is 4. The van der Waals surface area contributed by atoms with Crippen LogP contribution >= 0.6 is 0 Å². The van der Waals surface area contributed by atoms with Crippen LogP contribution in [-0.4, -0.2) is 12.0 Å². The normalized spacial score (nSPS) is 12.8. The van der Waals surface area contributed by atoms with E-state index < -0.39 is 0 Å². The summed E-state index contributed by atoms with van der Waals surface area (Å²) in [6, 6.07) is 46.2. The van der Waals surface area contributed by atoms with Crippen LogP contribution in [0, 0.1) is 0 Å². The molecule has 170 valence electrons. The van der Waals surface area contributed by atoms with Crippen molar-refractivity contribution in [1.29, 1.82) is 0 Å². The van der Waals surface area contributed by atoms with Crippen LogP contribution in [0.4, 0.5) is 22.7 Å². The van der Waals surface area contributed by atoms with Gasteiger partial charge in [0, 0.05) is 16.9 Å². The molecular weight excluding hydrogens is 441 g/mol. The number of hydrogen-bond donors (Lipinski definition) is 0. The van der Waals surface area contributed by atoms with Crippen molar-refractivity contribution in [1.82, 2.24) is 4.98 Å². The molecule has 0 bridgehead atoms. The molecule has 0 aliphatic carbocycles. The van der Waals surface area contributed by atoms with Gasteiger partial charge in [-0.05, 0) is 60.1 Å². The second-order valence-corrected chi connectivity index (χ2v) is 8.89. The van der Waals surface area contributed by atoms with Crippen molar-refractivity contribution in [3.63, 3.8) is 0 Å². The van der Waals surface area contributed by atoms with E-state index in [1.807, 2.05) is 24.3 Å². The summed E-state index contributed by atoms with van der Waals surface area (Å²) in [7, 11) is 0. The Bertz CT molecular complexity index is 1630. The first-order valence-corrected chi connectivity index (χ1v) is 12.1. The maximum atomic E-state index is 6.10. The average molecular weight is 463 g/mol. The monoisotopic (exact) mass is 463 g/mol. The molecule has 0 fully saturated rings. The summed E-state index contributed by atoms with van der Waals surface area (Å²) < 4.78 is 6.10. The smallest absolute Gasteiger partial charge is 0.420 e. The number of anilines is 4. The third kappa shape index (κ3) is 3.36. The highest BCUT2D eigenvalue weighted by atomic mass is 16.3. The zero-order valence-electron chi connectivity index (χ0n) is 19.5. The van der Waals surface area contributed by atoms with Crippen molar-refractivity contribution < 1.29 is 4.42 Å². The molecule has 7 rings (SSSR count). The van der Waals surface area contributed by atoms with Gasteiger partial charge < -0.3 is 14.0 Å². The van der Waals surface area contributed by atoms with Crippen LogP contribution in [0.2, 0.25) is 0 Å². The van der Waals surface area contributed by atoms with Gasteiger partial charge in [-0.2, -0.15) is 0 Å². The number of oxazole rings is 1. The fraction of sp³-hybridized carbons (Fsp3) is 0. The predicted octanol–water partition coefficient (Wildman–Crippen LogP) is 7.18. The highest BCUT2D eigenvalue weighted by Gasteiger charge is 2.43. The van der Waals surface area contributed by atoms with E-state index >= 15 is 0 Å². The minimum absolute atomic E-state index is 0.0510. The van der Waals surface area contributed by atoms with Gasteiger partial charge in [0.25, 0.3) is 0 Å². The minimum atomic E-state index is -0.0510. The van der Waals surface area contributed by atoms with Crippen LogP contribution < -0.4 is 15.1 Å². The van der Waals surface area contributed by atoms with E-state index in [0.717, 1.165) is 33.7 Å². The average Bonchev–Trinajstić information content (AvgIpc) is 3.54. The van der Waals surface area contributed by atoms with Gasteiger partial charge in [0.2, 0.25) is 5.89 Å². The Morgan fingerprint density at radius 2 is 1.17 bits per heavy atom. The molecule has 6 aromatic rings. The highest BCUT2D eigenvalue weighted by molar-refractivity contribution is 6.84. The molecule has 1 aromatic heterocycles. The zero-order valence-corrected chi connectivity index (χ0v) is 19.5. The summed E-state index contributed by atoms with van der Waals surface area (Å²) in [6.07, 6.45) is 0. The molecule has 2 heterocycles. The Morgan fingerprint density at radius 1 is 0.556 bits per heavy atom. The van der Waals surface area contributed by atoms with E-state index in [2.05, 4.69) is 119 Å². The number of benzene rings is 5. The van der Waals surface area contributed by atoms with E-state index in [-0.39, 0.29) is 6.98 Å². The molecule has 0 atom stereocenters. The van der Waals surface area contributed by atoms with Crippen molar-refractivity contribution in [3.8, 4) is 11.5 Å². The summed E-state index contributed by atoms with van der Waals surface area (Å²) in [5.74, 6) is 0.627. The van der Waals surface area contributed by atoms with E-state index in [1.165, 1.54) is 11.2 Å². The SMILES string of the molecule is c1ccc(B2N(c3ccccc3)c3ccccc3N2c2cccc(-c3nc4ccccc4o3)c2)cc1. The third-order valence-electron chi connectivity index (χ3n) is 6.69. The summed E-state index contributed by atoms with van der Waals surface area (Å²) in [4.78, 5) is 9.56. The van der Waals surface area contributed by atoms with Gasteiger partial charge in [0.05, 0.1) is 11.4 Å². The van der Waals surface area contributed by atoms with Gasteiger partial charge in [0.1, 0.15) is 5.52 Å². The molecule has 0 amide bonds. The Morgan fingerprint density at radius 3 is 1.92 bits per heavy atom. The number of para-hydroxylation sites is 5. The molecule has 5 heteroatoms. The first-order chi connectivity index (χ1) is 17.9. The fourth-order valence-corrected chi connectivity index (χ4v) is 5.11. The van der Waals surface area contributed by atoms with Crippen LogP contribution in [0.5, 0.6) is 0 Å². The van der Waals surface area contributed by atoms with Gasteiger partial charge in [-0.15, -0.1) is 0 Å². The molecule has 0 spiro atoms. The molecule has 0 radical (unpaired) electrons. The highest BCUT2D eigenvalue weighted by Crippen LogP contribution is 2.46. The first-order valence-electron chi connectivity index (χ1n) is 12.1. The van der Waals surface area contributed by atoms with Crippen LogP contribution in [0.1, 0.15) is 0 Å². The summed E-state index contributed by atoms with van der Waals surface area (Å²) in [5.41, 5.74) is 8.38. The maximum Gasteiger partial charge on any atom is 0.420 e. The topological polar surface area (TPSA) is 32.5 Å². The van der Waals surface area contributed by atoms with Crippen LogP contribution in [0.3, 0.4) is 0 Å². The van der Waals surface area contributed by atoms with Crippen molar-refractivity contribution >= 4 is 46.3 Å². The molecule has 1 aliphatic heterocycles. The lowest BCUT2D eigenvalue weighted by molar-refractivity contribution is 0.620. The summed E-state index contributed by atoms with van der Waals surface area (Å²) in [6.45, 7) is -0.0510. The number of fused-ring (bicyclic) bond motifs is 2. The lowest BCUT2D eigenvalue weighted by atomic mass is 9.64. The molecule has 4 nitrogen and oxygen atoms in total. The van der Waals surface area contributed by atoms with E-state index in [9.17, 15) is 0 Å². The third-order valence-corrected chi connectivity index (χ3v) is 6.69. The molecule has 0 saturated heterocycles. The Balaban J connectivity index is 1.41. The Hall–Kier alpha value is -4.77. The van der Waals surface area contributed by atoms with Gasteiger partial charge in [-0.1, -0.05) is 78.9 Å². The van der Waals surface area contributed by atoms with Crippen molar-refractivity contribution in [2.75, 3.05) is 9.62 Å². The van der Waals surface area contributed by atoms with Gasteiger partial charge >= 0.3 is 6.98 Å². The van der Waals surface area contributed by atoms with E-state index in [4.69, 9.17) is 9.40 Å². The summed E-state index contributed by atoms with van der Waals surface area (Å²) >= 11 is 0. The maximum absolute atomic E-state index is 6.10. The van der Waals surface area contributed by atoms with E-state index in [0.29, 0.717) is 5.89 Å². The largest absolute Gasteiger partial charge is 0.436 e.